The van der Waals surface area contributed by atoms with E-state index in [2.05, 4.69) is 60.9 Å². The summed E-state index contributed by atoms with van der Waals surface area (Å²) >= 11 is 5.36. The van der Waals surface area contributed by atoms with Gasteiger partial charge in [-0.2, -0.15) is 5.10 Å². The molecule has 2 N–H and O–H groups in total. The first-order chi connectivity index (χ1) is 11.5. The molecule has 1 aliphatic rings. The average Bonchev–Trinajstić information content (AvgIpc) is 2.55. The van der Waals surface area contributed by atoms with Gasteiger partial charge in [0.25, 0.3) is 0 Å². The maximum absolute atomic E-state index is 5.36. The number of benzene rings is 2. The number of nitrogens with one attached hydrogen (secondary N) is 2. The van der Waals surface area contributed by atoms with Crippen molar-refractivity contribution in [3.05, 3.63) is 64.2 Å². The van der Waals surface area contributed by atoms with E-state index >= 15 is 0 Å². The molecule has 0 aromatic heterocycles. The summed E-state index contributed by atoms with van der Waals surface area (Å²) in [5.74, 6) is 0. The van der Waals surface area contributed by atoms with Crippen molar-refractivity contribution in [3.63, 3.8) is 0 Å². The van der Waals surface area contributed by atoms with Crippen LogP contribution in [0.15, 0.2) is 41.5 Å². The summed E-state index contributed by atoms with van der Waals surface area (Å²) in [5, 5.41) is 8.27. The number of anilines is 1. The number of nitrogens with zero attached hydrogens (tertiary/aromatic N) is 1. The highest BCUT2D eigenvalue weighted by Crippen LogP contribution is 2.26. The Kier molecular flexibility index (Phi) is 4.95. The maximum atomic E-state index is 5.36. The first-order valence-corrected chi connectivity index (χ1v) is 8.74. The van der Waals surface area contributed by atoms with Crippen LogP contribution in [0.2, 0.25) is 0 Å². The number of rotatable bonds is 2. The van der Waals surface area contributed by atoms with Crippen LogP contribution in [0.5, 0.6) is 0 Å². The highest BCUT2D eigenvalue weighted by atomic mass is 32.1. The van der Waals surface area contributed by atoms with Crippen molar-refractivity contribution in [2.24, 2.45) is 5.10 Å². The second-order valence-corrected chi connectivity index (χ2v) is 6.86. The molecule has 0 saturated heterocycles. The lowest BCUT2D eigenvalue weighted by atomic mass is 9.86. The second-order valence-electron chi connectivity index (χ2n) is 6.45. The summed E-state index contributed by atoms with van der Waals surface area (Å²) in [7, 11) is 0. The zero-order chi connectivity index (χ0) is 17.1. The number of aryl methyl sites for hydroxylation is 3. The molecule has 0 heterocycles. The monoisotopic (exact) mass is 337 g/mol. The van der Waals surface area contributed by atoms with E-state index in [1.165, 1.54) is 27.8 Å². The Balaban J connectivity index is 1.74. The molecule has 0 amide bonds. The summed E-state index contributed by atoms with van der Waals surface area (Å²) in [6, 6.07) is 12.6. The van der Waals surface area contributed by atoms with Crippen LogP contribution in [0, 0.1) is 20.8 Å². The molecule has 0 fully saturated rings. The van der Waals surface area contributed by atoms with Gasteiger partial charge in [0.2, 0.25) is 0 Å². The molecule has 0 bridgehead atoms. The van der Waals surface area contributed by atoms with E-state index in [1.54, 1.807) is 0 Å². The molecule has 0 aliphatic heterocycles. The Labute approximate surface area is 149 Å². The van der Waals surface area contributed by atoms with Gasteiger partial charge in [0.05, 0.1) is 5.71 Å². The van der Waals surface area contributed by atoms with Gasteiger partial charge in [0.1, 0.15) is 0 Å². The van der Waals surface area contributed by atoms with Gasteiger partial charge in [0, 0.05) is 11.3 Å². The van der Waals surface area contributed by atoms with E-state index in [1.807, 2.05) is 12.1 Å². The minimum absolute atomic E-state index is 0.517. The van der Waals surface area contributed by atoms with Crippen molar-refractivity contribution in [2.75, 3.05) is 5.32 Å². The highest BCUT2D eigenvalue weighted by molar-refractivity contribution is 7.80. The molecule has 0 saturated carbocycles. The lowest BCUT2D eigenvalue weighted by Crippen LogP contribution is -2.26. The van der Waals surface area contributed by atoms with E-state index in [4.69, 9.17) is 12.2 Å². The number of hydrogen-bond acceptors (Lipinski definition) is 2. The van der Waals surface area contributed by atoms with Gasteiger partial charge >= 0.3 is 0 Å². The Morgan fingerprint density at radius 3 is 2.50 bits per heavy atom. The smallest absolute Gasteiger partial charge is 0.191 e. The molecule has 0 radical (unpaired) electrons. The van der Waals surface area contributed by atoms with Crippen molar-refractivity contribution in [1.29, 1.82) is 0 Å². The summed E-state index contributed by atoms with van der Waals surface area (Å²) in [5.41, 5.74) is 11.6. The summed E-state index contributed by atoms with van der Waals surface area (Å²) in [6.45, 7) is 6.39. The number of thiocarbonyl (C=S) groups is 1. The lowest BCUT2D eigenvalue weighted by Gasteiger charge is -2.21. The number of hydrogen-bond donors (Lipinski definition) is 2. The highest BCUT2D eigenvalue weighted by Gasteiger charge is 2.17. The molecule has 3 nitrogen and oxygen atoms in total. The van der Waals surface area contributed by atoms with Crippen molar-refractivity contribution in [2.45, 2.75) is 40.0 Å². The van der Waals surface area contributed by atoms with E-state index in [9.17, 15) is 0 Å². The van der Waals surface area contributed by atoms with Crippen LogP contribution in [0.3, 0.4) is 0 Å². The van der Waals surface area contributed by atoms with Gasteiger partial charge in [0.15, 0.2) is 5.11 Å². The first kappa shape index (κ1) is 16.7. The minimum atomic E-state index is 0.517. The normalized spacial score (nSPS) is 15.0. The third-order valence-electron chi connectivity index (χ3n) is 4.37. The zero-order valence-electron chi connectivity index (χ0n) is 14.4. The Hall–Kier alpha value is -2.20. The molecule has 3 rings (SSSR count). The van der Waals surface area contributed by atoms with Crippen LogP contribution in [0.1, 0.15) is 40.7 Å². The topological polar surface area (TPSA) is 36.4 Å². The standard InChI is InChI=1S/C20H23N3S/c1-13-7-9-16(10-8-13)21-20(24)23-22-19-6-4-5-17-15(3)11-14(2)12-18(17)19/h7-12H,4-6H2,1-3H3,(H2,21,23,24)/b22-19+. The largest absolute Gasteiger partial charge is 0.331 e. The van der Waals surface area contributed by atoms with Crippen LogP contribution >= 0.6 is 12.2 Å². The average molecular weight is 337 g/mol. The molecule has 1 aliphatic carbocycles. The first-order valence-electron chi connectivity index (χ1n) is 8.33. The van der Waals surface area contributed by atoms with Gasteiger partial charge in [-0.1, -0.05) is 29.3 Å². The molecule has 2 aromatic carbocycles. The predicted molar refractivity (Wildman–Crippen MR) is 106 cm³/mol. The molecule has 124 valence electrons. The molecule has 24 heavy (non-hydrogen) atoms. The fraction of sp³-hybridized carbons (Fsp3) is 0.300. The van der Waals surface area contributed by atoms with Crippen LogP contribution < -0.4 is 10.7 Å². The van der Waals surface area contributed by atoms with Gasteiger partial charge in [-0.15, -0.1) is 0 Å². The fourth-order valence-corrected chi connectivity index (χ4v) is 3.35. The Bertz CT molecular complexity index is 791. The quantitative estimate of drug-likeness (QED) is 0.619. The van der Waals surface area contributed by atoms with Crippen molar-refractivity contribution < 1.29 is 0 Å². The molecule has 0 spiro atoms. The Morgan fingerprint density at radius 2 is 1.75 bits per heavy atom. The third kappa shape index (κ3) is 3.82. The van der Waals surface area contributed by atoms with Crippen LogP contribution in [-0.4, -0.2) is 10.8 Å². The van der Waals surface area contributed by atoms with Crippen LogP contribution in [0.25, 0.3) is 0 Å². The van der Waals surface area contributed by atoms with Gasteiger partial charge in [-0.25, -0.2) is 0 Å². The second kappa shape index (κ2) is 7.14. The van der Waals surface area contributed by atoms with Crippen molar-refractivity contribution in [1.82, 2.24) is 5.43 Å². The summed E-state index contributed by atoms with van der Waals surface area (Å²) in [6.07, 6.45) is 3.25. The summed E-state index contributed by atoms with van der Waals surface area (Å²) in [4.78, 5) is 0. The van der Waals surface area contributed by atoms with E-state index in [-0.39, 0.29) is 0 Å². The summed E-state index contributed by atoms with van der Waals surface area (Å²) < 4.78 is 0. The SMILES string of the molecule is Cc1ccc(NC(=S)N/N=C2\CCCc3c(C)cc(C)cc32)cc1. The van der Waals surface area contributed by atoms with Gasteiger partial charge in [-0.3, -0.25) is 5.43 Å². The van der Waals surface area contributed by atoms with Crippen LogP contribution in [-0.2, 0) is 6.42 Å². The maximum Gasteiger partial charge on any atom is 0.191 e. The molecule has 0 atom stereocenters. The van der Waals surface area contributed by atoms with Crippen molar-refractivity contribution >= 4 is 28.7 Å². The predicted octanol–water partition coefficient (Wildman–Crippen LogP) is 4.64. The lowest BCUT2D eigenvalue weighted by molar-refractivity contribution is 0.821. The van der Waals surface area contributed by atoms with Gasteiger partial charge in [-0.05, 0) is 81.6 Å². The third-order valence-corrected chi connectivity index (χ3v) is 4.56. The zero-order valence-corrected chi connectivity index (χ0v) is 15.3. The number of hydrazone groups is 1. The fourth-order valence-electron chi connectivity index (χ4n) is 3.18. The number of fused-ring (bicyclic) bond motifs is 1. The van der Waals surface area contributed by atoms with E-state index < -0.39 is 0 Å². The molecule has 4 heteroatoms. The molecular formula is C20H23N3S. The van der Waals surface area contributed by atoms with Gasteiger partial charge < -0.3 is 5.32 Å². The molecule has 0 unspecified atom stereocenters. The van der Waals surface area contributed by atoms with E-state index in [0.717, 1.165) is 30.7 Å². The van der Waals surface area contributed by atoms with Crippen molar-refractivity contribution in [3.8, 4) is 0 Å². The van der Waals surface area contributed by atoms with Crippen LogP contribution in [0.4, 0.5) is 5.69 Å². The molecular weight excluding hydrogens is 314 g/mol. The van der Waals surface area contributed by atoms with E-state index in [0.29, 0.717) is 5.11 Å². The minimum Gasteiger partial charge on any atom is -0.331 e. The molecule has 2 aromatic rings. The Morgan fingerprint density at radius 1 is 1.00 bits per heavy atom.